The molecule has 0 N–H and O–H groups in total. The third-order valence-electron chi connectivity index (χ3n) is 2.15. The standard InChI is InChI=1S/C7H13NOS/c1-8(7(9)5-10)6-3-2-4-6/h6,10H,2-5H2,1H3. The number of rotatable bonds is 2. The second-order valence-electron chi connectivity index (χ2n) is 2.75. The van der Waals surface area contributed by atoms with Crippen molar-refractivity contribution < 1.29 is 4.79 Å². The highest BCUT2D eigenvalue weighted by Crippen LogP contribution is 2.23. The van der Waals surface area contributed by atoms with Crippen molar-refractivity contribution >= 4 is 18.5 Å². The number of hydrogen-bond acceptors (Lipinski definition) is 2. The molecule has 1 aliphatic rings. The van der Waals surface area contributed by atoms with Crippen molar-refractivity contribution in [3.05, 3.63) is 0 Å². The Hall–Kier alpha value is -0.180. The van der Waals surface area contributed by atoms with E-state index in [0.29, 0.717) is 11.8 Å². The summed E-state index contributed by atoms with van der Waals surface area (Å²) in [5.74, 6) is 0.487. The summed E-state index contributed by atoms with van der Waals surface area (Å²) in [5, 5.41) is 0. The van der Waals surface area contributed by atoms with Crippen LogP contribution in [0.5, 0.6) is 0 Å². The Kier molecular flexibility index (Phi) is 2.60. The van der Waals surface area contributed by atoms with E-state index in [0.717, 1.165) is 0 Å². The van der Waals surface area contributed by atoms with Crippen LogP contribution in [0.25, 0.3) is 0 Å². The molecule has 2 nitrogen and oxygen atoms in total. The van der Waals surface area contributed by atoms with E-state index < -0.39 is 0 Å². The molecule has 0 atom stereocenters. The molecule has 0 bridgehead atoms. The molecule has 1 rings (SSSR count). The van der Waals surface area contributed by atoms with Crippen molar-refractivity contribution in [2.75, 3.05) is 12.8 Å². The fraction of sp³-hybridized carbons (Fsp3) is 0.857. The van der Waals surface area contributed by atoms with Gasteiger partial charge in [-0.25, -0.2) is 0 Å². The molecule has 3 heteroatoms. The maximum atomic E-state index is 11.0. The number of nitrogens with zero attached hydrogens (tertiary/aromatic N) is 1. The Morgan fingerprint density at radius 1 is 1.70 bits per heavy atom. The van der Waals surface area contributed by atoms with Gasteiger partial charge in [-0.1, -0.05) is 0 Å². The fourth-order valence-corrected chi connectivity index (χ4v) is 1.31. The predicted molar refractivity (Wildman–Crippen MR) is 44.3 cm³/mol. The van der Waals surface area contributed by atoms with Crippen LogP contribution in [0.15, 0.2) is 0 Å². The molecule has 58 valence electrons. The maximum absolute atomic E-state index is 11.0. The molecule has 0 aromatic carbocycles. The van der Waals surface area contributed by atoms with Gasteiger partial charge in [-0.05, 0) is 19.3 Å². The second-order valence-corrected chi connectivity index (χ2v) is 3.06. The van der Waals surface area contributed by atoms with Crippen LogP contribution in [0, 0.1) is 0 Å². The molecular weight excluding hydrogens is 146 g/mol. The molecule has 0 radical (unpaired) electrons. The lowest BCUT2D eigenvalue weighted by Gasteiger charge is -2.34. The summed E-state index contributed by atoms with van der Waals surface area (Å²) < 4.78 is 0. The molecule has 0 unspecified atom stereocenters. The quantitative estimate of drug-likeness (QED) is 0.594. The lowest BCUT2D eigenvalue weighted by Crippen LogP contribution is -2.41. The van der Waals surface area contributed by atoms with Gasteiger partial charge in [0.15, 0.2) is 0 Å². The first-order valence-electron chi connectivity index (χ1n) is 3.62. The monoisotopic (exact) mass is 159 g/mol. The van der Waals surface area contributed by atoms with E-state index in [1.807, 2.05) is 11.9 Å². The van der Waals surface area contributed by atoms with Crippen LogP contribution in [0.4, 0.5) is 0 Å². The number of carbonyl (C=O) groups is 1. The van der Waals surface area contributed by atoms with Crippen LogP contribution in [0.1, 0.15) is 19.3 Å². The Labute approximate surface area is 67.0 Å². The second kappa shape index (κ2) is 3.28. The summed E-state index contributed by atoms with van der Waals surface area (Å²) in [6.45, 7) is 0. The van der Waals surface area contributed by atoms with Gasteiger partial charge in [0.1, 0.15) is 0 Å². The van der Waals surface area contributed by atoms with Crippen molar-refractivity contribution in [3.8, 4) is 0 Å². The molecule has 1 amide bonds. The smallest absolute Gasteiger partial charge is 0.232 e. The first kappa shape index (κ1) is 7.92. The zero-order valence-corrected chi connectivity index (χ0v) is 7.10. The average Bonchev–Trinajstić information content (AvgIpc) is 1.82. The third-order valence-corrected chi connectivity index (χ3v) is 2.42. The van der Waals surface area contributed by atoms with E-state index in [4.69, 9.17) is 0 Å². The SMILES string of the molecule is CN(C(=O)CS)C1CCC1. The van der Waals surface area contributed by atoms with Crippen molar-refractivity contribution in [1.29, 1.82) is 0 Å². The Balaban J connectivity index is 2.31. The van der Waals surface area contributed by atoms with Crippen LogP contribution in [0.2, 0.25) is 0 Å². The van der Waals surface area contributed by atoms with E-state index >= 15 is 0 Å². The van der Waals surface area contributed by atoms with Crippen molar-refractivity contribution in [3.63, 3.8) is 0 Å². The minimum Gasteiger partial charge on any atom is -0.342 e. The van der Waals surface area contributed by atoms with Crippen molar-refractivity contribution in [1.82, 2.24) is 4.90 Å². The summed E-state index contributed by atoms with van der Waals surface area (Å²) >= 11 is 3.92. The van der Waals surface area contributed by atoms with Gasteiger partial charge in [0.25, 0.3) is 0 Å². The molecule has 0 aromatic heterocycles. The Morgan fingerprint density at radius 2 is 2.30 bits per heavy atom. The van der Waals surface area contributed by atoms with Gasteiger partial charge in [0, 0.05) is 13.1 Å². The van der Waals surface area contributed by atoms with E-state index in [1.165, 1.54) is 19.3 Å². The minimum absolute atomic E-state index is 0.146. The number of amides is 1. The van der Waals surface area contributed by atoms with Gasteiger partial charge < -0.3 is 4.90 Å². The first-order valence-corrected chi connectivity index (χ1v) is 4.25. The largest absolute Gasteiger partial charge is 0.342 e. The molecule has 0 saturated heterocycles. The predicted octanol–water partition coefficient (Wildman–Crippen LogP) is 0.927. The van der Waals surface area contributed by atoms with Crippen LogP contribution in [-0.2, 0) is 4.79 Å². The zero-order chi connectivity index (χ0) is 7.56. The Morgan fingerprint density at radius 3 is 2.60 bits per heavy atom. The highest BCUT2D eigenvalue weighted by atomic mass is 32.1. The lowest BCUT2D eigenvalue weighted by molar-refractivity contribution is -0.130. The summed E-state index contributed by atoms with van der Waals surface area (Å²) in [5.41, 5.74) is 0. The van der Waals surface area contributed by atoms with Gasteiger partial charge in [-0.3, -0.25) is 4.79 Å². The number of thiol groups is 1. The molecule has 1 saturated carbocycles. The molecule has 0 heterocycles. The van der Waals surface area contributed by atoms with Gasteiger partial charge in [0.2, 0.25) is 5.91 Å². The van der Waals surface area contributed by atoms with E-state index in [-0.39, 0.29) is 5.91 Å². The average molecular weight is 159 g/mol. The van der Waals surface area contributed by atoms with Gasteiger partial charge in [-0.15, -0.1) is 0 Å². The highest BCUT2D eigenvalue weighted by Gasteiger charge is 2.24. The first-order chi connectivity index (χ1) is 4.75. The van der Waals surface area contributed by atoms with Crippen molar-refractivity contribution in [2.24, 2.45) is 0 Å². The summed E-state index contributed by atoms with van der Waals surface area (Å²) in [7, 11) is 1.86. The molecule has 1 fully saturated rings. The van der Waals surface area contributed by atoms with E-state index in [2.05, 4.69) is 12.6 Å². The van der Waals surface area contributed by atoms with Crippen LogP contribution in [-0.4, -0.2) is 29.6 Å². The summed E-state index contributed by atoms with van der Waals surface area (Å²) in [4.78, 5) is 12.8. The Bertz CT molecular complexity index is 134. The fourth-order valence-electron chi connectivity index (χ4n) is 1.09. The lowest BCUT2D eigenvalue weighted by atomic mass is 9.92. The maximum Gasteiger partial charge on any atom is 0.232 e. The molecule has 10 heavy (non-hydrogen) atoms. The van der Waals surface area contributed by atoms with Crippen LogP contribution >= 0.6 is 12.6 Å². The van der Waals surface area contributed by atoms with Gasteiger partial charge in [0.05, 0.1) is 5.75 Å². The third kappa shape index (κ3) is 1.45. The van der Waals surface area contributed by atoms with Crippen molar-refractivity contribution in [2.45, 2.75) is 25.3 Å². The highest BCUT2D eigenvalue weighted by molar-refractivity contribution is 7.81. The summed E-state index contributed by atoms with van der Waals surface area (Å²) in [6, 6.07) is 0.514. The van der Waals surface area contributed by atoms with Crippen LogP contribution in [0.3, 0.4) is 0 Å². The van der Waals surface area contributed by atoms with E-state index in [1.54, 1.807) is 0 Å². The minimum atomic E-state index is 0.146. The van der Waals surface area contributed by atoms with Gasteiger partial charge >= 0.3 is 0 Å². The molecular formula is C7H13NOS. The number of hydrogen-bond donors (Lipinski definition) is 1. The van der Waals surface area contributed by atoms with E-state index in [9.17, 15) is 4.79 Å². The molecule has 0 aromatic rings. The molecule has 0 spiro atoms. The molecule has 1 aliphatic carbocycles. The number of carbonyl (C=O) groups excluding carboxylic acids is 1. The topological polar surface area (TPSA) is 20.3 Å². The molecule has 0 aliphatic heterocycles. The van der Waals surface area contributed by atoms with Gasteiger partial charge in [-0.2, -0.15) is 12.6 Å². The summed E-state index contributed by atoms with van der Waals surface area (Å²) in [6.07, 6.45) is 3.63. The zero-order valence-electron chi connectivity index (χ0n) is 6.21. The van der Waals surface area contributed by atoms with Crippen LogP contribution < -0.4 is 0 Å². The normalized spacial score (nSPS) is 18.2.